The van der Waals surface area contributed by atoms with Gasteiger partial charge in [0, 0.05) is 31.3 Å². The van der Waals surface area contributed by atoms with Crippen molar-refractivity contribution in [3.05, 3.63) is 0 Å². The maximum atomic E-state index is 12.4. The van der Waals surface area contributed by atoms with Crippen molar-refractivity contribution in [2.24, 2.45) is 0 Å². The Morgan fingerprint density at radius 1 is 1.25 bits per heavy atom. The fourth-order valence-corrected chi connectivity index (χ4v) is 5.51. The Kier molecular flexibility index (Phi) is 7.25. The fraction of sp³-hybridized carbons (Fsp3) is 0.882. The molecule has 3 aliphatic rings. The average Bonchev–Trinajstić information content (AvgIpc) is 2.89. The van der Waals surface area contributed by atoms with Crippen molar-refractivity contribution in [1.29, 1.82) is 0 Å². The predicted octanol–water partition coefficient (Wildman–Crippen LogP) is 2.29. The summed E-state index contributed by atoms with van der Waals surface area (Å²) in [5.74, 6) is 0.873. The highest BCUT2D eigenvalue weighted by Crippen LogP contribution is 2.47. The van der Waals surface area contributed by atoms with E-state index in [2.05, 4.69) is 17.6 Å². The molecule has 7 heteroatoms. The first-order chi connectivity index (χ1) is 11.1. The van der Waals surface area contributed by atoms with Crippen LogP contribution < -0.4 is 10.6 Å². The molecule has 3 fully saturated rings. The van der Waals surface area contributed by atoms with Crippen LogP contribution in [0.1, 0.15) is 58.3 Å². The highest BCUT2D eigenvalue weighted by molar-refractivity contribution is 8.01. The molecule has 2 atom stereocenters. The van der Waals surface area contributed by atoms with Crippen molar-refractivity contribution < 1.29 is 9.59 Å². The minimum atomic E-state index is -0.280. The van der Waals surface area contributed by atoms with Crippen molar-refractivity contribution in [2.45, 2.75) is 75.2 Å². The van der Waals surface area contributed by atoms with Crippen LogP contribution >= 0.6 is 24.2 Å². The summed E-state index contributed by atoms with van der Waals surface area (Å²) in [5.41, 5.74) is 0. The molecule has 5 nitrogen and oxygen atoms in total. The van der Waals surface area contributed by atoms with Gasteiger partial charge < -0.3 is 15.5 Å². The Bertz CT molecular complexity index is 457. The molecule has 0 radical (unpaired) electrons. The largest absolute Gasteiger partial charge is 0.353 e. The van der Waals surface area contributed by atoms with Crippen LogP contribution in [0.5, 0.6) is 0 Å². The van der Waals surface area contributed by atoms with Gasteiger partial charge in [0.1, 0.15) is 6.04 Å². The SMILES string of the molecule is CC12CCC(=O)N1C(C(=O)NCCNC1CCCCCC1)CS2.Cl. The summed E-state index contributed by atoms with van der Waals surface area (Å²) in [6, 6.07) is 0.331. The molecule has 1 aliphatic carbocycles. The molecule has 0 aromatic carbocycles. The number of hydrogen-bond acceptors (Lipinski definition) is 4. The summed E-state index contributed by atoms with van der Waals surface area (Å²) in [4.78, 5) is 26.2. The van der Waals surface area contributed by atoms with E-state index in [1.54, 1.807) is 11.8 Å². The second-order valence-corrected chi connectivity index (χ2v) is 8.70. The number of amides is 2. The number of carbonyl (C=O) groups excluding carboxylic acids is 2. The molecular formula is C17H30ClN3O2S. The highest BCUT2D eigenvalue weighted by Gasteiger charge is 2.52. The maximum Gasteiger partial charge on any atom is 0.243 e. The number of nitrogens with zero attached hydrogens (tertiary/aromatic N) is 1. The third-order valence-electron chi connectivity index (χ3n) is 5.46. The Hall–Kier alpha value is -0.460. The van der Waals surface area contributed by atoms with E-state index in [4.69, 9.17) is 0 Å². The number of fused-ring (bicyclic) bond motifs is 1. The number of halogens is 1. The molecule has 1 saturated carbocycles. The van der Waals surface area contributed by atoms with Gasteiger partial charge in [-0.15, -0.1) is 24.2 Å². The van der Waals surface area contributed by atoms with E-state index in [-0.39, 0.29) is 35.1 Å². The second-order valence-electron chi connectivity index (χ2n) is 7.20. The molecule has 3 rings (SSSR count). The van der Waals surface area contributed by atoms with Crippen LogP contribution in [0, 0.1) is 0 Å². The number of nitrogens with one attached hydrogen (secondary N) is 2. The molecular weight excluding hydrogens is 346 g/mol. The zero-order chi connectivity index (χ0) is 16.3. The van der Waals surface area contributed by atoms with Gasteiger partial charge in [0.05, 0.1) is 4.87 Å². The van der Waals surface area contributed by atoms with Gasteiger partial charge in [-0.1, -0.05) is 25.7 Å². The van der Waals surface area contributed by atoms with Gasteiger partial charge in [-0.05, 0) is 26.2 Å². The number of hydrogen-bond donors (Lipinski definition) is 2. The van der Waals surface area contributed by atoms with E-state index in [1.807, 2.05) is 4.90 Å². The lowest BCUT2D eigenvalue weighted by Crippen LogP contribution is -2.51. The molecule has 138 valence electrons. The van der Waals surface area contributed by atoms with Gasteiger partial charge >= 0.3 is 0 Å². The summed E-state index contributed by atoms with van der Waals surface area (Å²) in [6.45, 7) is 3.56. The third kappa shape index (κ3) is 4.38. The first kappa shape index (κ1) is 19.9. The summed E-state index contributed by atoms with van der Waals surface area (Å²) in [6.07, 6.45) is 9.31. The molecule has 2 unspecified atom stereocenters. The number of carbonyl (C=O) groups is 2. The lowest BCUT2D eigenvalue weighted by atomic mass is 10.1. The monoisotopic (exact) mass is 375 g/mol. The Labute approximate surface area is 155 Å². The van der Waals surface area contributed by atoms with Crippen LogP contribution in [0.25, 0.3) is 0 Å². The molecule has 2 aliphatic heterocycles. The smallest absolute Gasteiger partial charge is 0.243 e. The van der Waals surface area contributed by atoms with Gasteiger partial charge in [-0.25, -0.2) is 0 Å². The van der Waals surface area contributed by atoms with Crippen molar-refractivity contribution in [3.8, 4) is 0 Å². The lowest BCUT2D eigenvalue weighted by molar-refractivity contribution is -0.137. The van der Waals surface area contributed by atoms with E-state index in [0.29, 0.717) is 19.0 Å². The van der Waals surface area contributed by atoms with Crippen molar-refractivity contribution in [3.63, 3.8) is 0 Å². The minimum absolute atomic E-state index is 0. The summed E-state index contributed by atoms with van der Waals surface area (Å²) < 4.78 is 0. The standard InChI is InChI=1S/C17H29N3O2S.ClH/c1-17-9-8-15(21)20(17)14(12-23-17)16(22)19-11-10-18-13-6-4-2-3-5-7-13;/h13-14,18H,2-12H2,1H3,(H,19,22);1H. The summed E-state index contributed by atoms with van der Waals surface area (Å²) in [7, 11) is 0. The van der Waals surface area contributed by atoms with Gasteiger partial charge in [-0.2, -0.15) is 0 Å². The molecule has 2 amide bonds. The quantitative estimate of drug-likeness (QED) is 0.571. The fourth-order valence-electron chi connectivity index (χ4n) is 4.08. The lowest BCUT2D eigenvalue weighted by Gasteiger charge is -2.29. The third-order valence-corrected chi connectivity index (χ3v) is 6.97. The van der Waals surface area contributed by atoms with Crippen LogP contribution in [0.3, 0.4) is 0 Å². The molecule has 2 saturated heterocycles. The first-order valence-electron chi connectivity index (χ1n) is 9.07. The van der Waals surface area contributed by atoms with E-state index in [0.717, 1.165) is 18.7 Å². The predicted molar refractivity (Wildman–Crippen MR) is 100 cm³/mol. The molecule has 24 heavy (non-hydrogen) atoms. The highest BCUT2D eigenvalue weighted by atomic mass is 35.5. The second kappa shape index (κ2) is 8.77. The Morgan fingerprint density at radius 2 is 1.96 bits per heavy atom. The summed E-state index contributed by atoms with van der Waals surface area (Å²) >= 11 is 1.75. The van der Waals surface area contributed by atoms with E-state index < -0.39 is 0 Å². The van der Waals surface area contributed by atoms with Crippen LogP contribution in [0.15, 0.2) is 0 Å². The van der Waals surface area contributed by atoms with Crippen LogP contribution in [0.4, 0.5) is 0 Å². The normalized spacial score (nSPS) is 30.6. The Morgan fingerprint density at radius 3 is 2.67 bits per heavy atom. The van der Waals surface area contributed by atoms with Crippen molar-refractivity contribution in [2.75, 3.05) is 18.8 Å². The summed E-state index contributed by atoms with van der Waals surface area (Å²) in [5, 5.41) is 6.59. The van der Waals surface area contributed by atoms with Crippen LogP contribution in [-0.4, -0.2) is 52.5 Å². The maximum absolute atomic E-state index is 12.4. The molecule has 2 heterocycles. The van der Waals surface area contributed by atoms with E-state index in [1.165, 1.54) is 38.5 Å². The van der Waals surface area contributed by atoms with E-state index >= 15 is 0 Å². The minimum Gasteiger partial charge on any atom is -0.353 e. The van der Waals surface area contributed by atoms with Gasteiger partial charge in [0.15, 0.2) is 0 Å². The van der Waals surface area contributed by atoms with Crippen molar-refractivity contribution in [1.82, 2.24) is 15.5 Å². The topological polar surface area (TPSA) is 61.4 Å². The zero-order valence-electron chi connectivity index (χ0n) is 14.5. The van der Waals surface area contributed by atoms with Gasteiger partial charge in [0.25, 0.3) is 0 Å². The molecule has 0 aromatic rings. The van der Waals surface area contributed by atoms with Crippen molar-refractivity contribution >= 4 is 36.0 Å². The molecule has 0 aromatic heterocycles. The molecule has 0 spiro atoms. The van der Waals surface area contributed by atoms with Gasteiger partial charge in [0.2, 0.25) is 11.8 Å². The van der Waals surface area contributed by atoms with Crippen LogP contribution in [-0.2, 0) is 9.59 Å². The first-order valence-corrected chi connectivity index (χ1v) is 10.1. The van der Waals surface area contributed by atoms with Crippen LogP contribution in [0.2, 0.25) is 0 Å². The van der Waals surface area contributed by atoms with E-state index in [9.17, 15) is 9.59 Å². The zero-order valence-corrected chi connectivity index (χ0v) is 16.1. The number of thioether (sulfide) groups is 1. The molecule has 2 N–H and O–H groups in total. The Balaban J connectivity index is 0.00000208. The molecule has 0 bridgehead atoms. The van der Waals surface area contributed by atoms with Gasteiger partial charge in [-0.3, -0.25) is 9.59 Å². The average molecular weight is 376 g/mol. The number of rotatable bonds is 5.